The first-order valence-corrected chi connectivity index (χ1v) is 9.04. The Morgan fingerprint density at radius 2 is 1.57 bits per heavy atom. The smallest absolute Gasteiger partial charge is 0.274 e. The molecule has 1 aromatic heterocycles. The molecule has 0 N–H and O–H groups in total. The number of carbonyl (C=O) groups excluding carboxylic acids is 2. The number of amides is 2. The molecule has 1 saturated heterocycles. The number of halogens is 3. The molecule has 5 rings (SSSR count). The lowest BCUT2D eigenvalue weighted by Crippen LogP contribution is -2.34. The molecule has 4 atom stereocenters. The Morgan fingerprint density at radius 1 is 1.00 bits per heavy atom. The monoisotopic (exact) mass is 387 g/mol. The van der Waals surface area contributed by atoms with Crippen molar-refractivity contribution in [3.8, 4) is 11.1 Å². The lowest BCUT2D eigenvalue weighted by atomic mass is 9.85. The van der Waals surface area contributed by atoms with Crippen LogP contribution in [0.1, 0.15) is 12.1 Å². The second-order valence-electron chi connectivity index (χ2n) is 7.55. The third-order valence-electron chi connectivity index (χ3n) is 6.03. The first-order valence-electron chi connectivity index (χ1n) is 9.04. The van der Waals surface area contributed by atoms with Gasteiger partial charge in [0.1, 0.15) is 5.82 Å². The number of allylic oxidation sites excluding steroid dienone is 2. The topological polar surface area (TPSA) is 55.2 Å². The van der Waals surface area contributed by atoms with Crippen molar-refractivity contribution in [2.45, 2.75) is 12.6 Å². The van der Waals surface area contributed by atoms with Gasteiger partial charge < -0.3 is 0 Å². The Morgan fingerprint density at radius 3 is 2.11 bits per heavy atom. The molecule has 0 unspecified atom stereocenters. The van der Waals surface area contributed by atoms with E-state index in [4.69, 9.17) is 0 Å². The van der Waals surface area contributed by atoms with Crippen LogP contribution in [-0.2, 0) is 22.8 Å². The van der Waals surface area contributed by atoms with Crippen LogP contribution in [0.15, 0.2) is 42.5 Å². The van der Waals surface area contributed by atoms with Crippen LogP contribution in [0.5, 0.6) is 0 Å². The summed E-state index contributed by atoms with van der Waals surface area (Å²) >= 11 is 0. The Kier molecular flexibility index (Phi) is 3.42. The van der Waals surface area contributed by atoms with E-state index in [0.29, 0.717) is 0 Å². The maximum absolute atomic E-state index is 13.7. The van der Waals surface area contributed by atoms with E-state index >= 15 is 0 Å². The summed E-state index contributed by atoms with van der Waals surface area (Å²) in [6, 6.07) is 7.95. The second-order valence-corrected chi connectivity index (χ2v) is 7.55. The van der Waals surface area contributed by atoms with E-state index in [1.807, 2.05) is 12.2 Å². The summed E-state index contributed by atoms with van der Waals surface area (Å²) in [7, 11) is 1.33. The fourth-order valence-electron chi connectivity index (χ4n) is 4.95. The van der Waals surface area contributed by atoms with Gasteiger partial charge in [-0.2, -0.15) is 18.3 Å². The second kappa shape index (κ2) is 5.56. The van der Waals surface area contributed by atoms with Gasteiger partial charge in [0, 0.05) is 7.05 Å². The van der Waals surface area contributed by atoms with Gasteiger partial charge in [-0.05, 0) is 23.8 Å². The molecular formula is C20H16F3N3O2. The molecular weight excluding hydrogens is 371 g/mol. The van der Waals surface area contributed by atoms with Crippen LogP contribution in [0.3, 0.4) is 0 Å². The fourth-order valence-corrected chi connectivity index (χ4v) is 4.95. The van der Waals surface area contributed by atoms with E-state index in [-0.39, 0.29) is 28.8 Å². The van der Waals surface area contributed by atoms with Gasteiger partial charge in [-0.3, -0.25) is 14.3 Å². The molecule has 5 nitrogen and oxygen atoms in total. The predicted molar refractivity (Wildman–Crippen MR) is 93.9 cm³/mol. The number of carbonyl (C=O) groups is 2. The highest BCUT2D eigenvalue weighted by molar-refractivity contribution is 6.23. The van der Waals surface area contributed by atoms with E-state index in [1.165, 1.54) is 19.2 Å². The zero-order chi connectivity index (χ0) is 19.8. The summed E-state index contributed by atoms with van der Waals surface area (Å²) in [6.45, 7) is 0. The molecule has 0 radical (unpaired) electrons. The molecule has 144 valence electrons. The lowest BCUT2D eigenvalue weighted by molar-refractivity contribution is -0.141. The van der Waals surface area contributed by atoms with Crippen molar-refractivity contribution >= 4 is 17.6 Å². The normalized spacial score (nSPS) is 28.5. The summed E-state index contributed by atoms with van der Waals surface area (Å²) in [5, 5.41) is 3.65. The molecule has 2 aromatic rings. The molecule has 28 heavy (non-hydrogen) atoms. The van der Waals surface area contributed by atoms with Gasteiger partial charge in [0.25, 0.3) is 0 Å². The van der Waals surface area contributed by atoms with Crippen molar-refractivity contribution in [1.82, 2.24) is 9.78 Å². The molecule has 1 aromatic carbocycles. The van der Waals surface area contributed by atoms with E-state index < -0.39 is 35.5 Å². The Bertz CT molecular complexity index is 995. The van der Waals surface area contributed by atoms with Gasteiger partial charge in [0.15, 0.2) is 5.69 Å². The van der Waals surface area contributed by atoms with Crippen LogP contribution >= 0.6 is 0 Å². The van der Waals surface area contributed by atoms with Crippen LogP contribution in [0.2, 0.25) is 0 Å². The first kappa shape index (κ1) is 17.2. The number of imide groups is 1. The van der Waals surface area contributed by atoms with Gasteiger partial charge in [-0.1, -0.05) is 42.5 Å². The molecule has 0 spiro atoms. The van der Waals surface area contributed by atoms with E-state index in [0.717, 1.165) is 16.0 Å². The number of fused-ring (bicyclic) bond motifs is 5. The van der Waals surface area contributed by atoms with Crippen molar-refractivity contribution in [2.75, 3.05) is 4.90 Å². The van der Waals surface area contributed by atoms with Crippen molar-refractivity contribution in [2.24, 2.45) is 30.7 Å². The number of anilines is 1. The summed E-state index contributed by atoms with van der Waals surface area (Å²) < 4.78 is 42.1. The molecule has 1 aliphatic heterocycles. The number of aryl methyl sites for hydroxylation is 1. The zero-order valence-corrected chi connectivity index (χ0v) is 14.8. The van der Waals surface area contributed by atoms with Crippen molar-refractivity contribution < 1.29 is 22.8 Å². The van der Waals surface area contributed by atoms with E-state index in [2.05, 4.69) is 5.10 Å². The van der Waals surface area contributed by atoms with Gasteiger partial charge in [0.2, 0.25) is 11.8 Å². The molecule has 2 heterocycles. The lowest BCUT2D eigenvalue weighted by Gasteiger charge is -2.19. The highest BCUT2D eigenvalue weighted by atomic mass is 19.4. The number of aromatic nitrogens is 2. The number of benzene rings is 1. The molecule has 8 heteroatoms. The maximum Gasteiger partial charge on any atom is 0.435 e. The first-order chi connectivity index (χ1) is 13.3. The average molecular weight is 387 g/mol. The number of rotatable bonds is 2. The predicted octanol–water partition coefficient (Wildman–Crippen LogP) is 3.42. The molecule has 2 bridgehead atoms. The standard InChI is InChI=1S/C20H16F3N3O2/c1-25-17(15(10-5-3-2-4-6-10)16(24-25)20(21,22)23)26-18(27)13-11-7-8-12(9-11)14(13)19(26)28/h2-8,11-14H,9H2,1H3/t11-,12+,13+,14-. The molecule has 2 aliphatic carbocycles. The Balaban J connectivity index is 1.70. The summed E-state index contributed by atoms with van der Waals surface area (Å²) in [4.78, 5) is 27.2. The third-order valence-corrected chi connectivity index (χ3v) is 6.03. The minimum atomic E-state index is -4.72. The minimum absolute atomic E-state index is 0.0214. The molecule has 2 fully saturated rings. The molecule has 2 amide bonds. The number of hydrogen-bond donors (Lipinski definition) is 0. The number of nitrogens with zero attached hydrogens (tertiary/aromatic N) is 3. The van der Waals surface area contributed by atoms with Crippen LogP contribution < -0.4 is 4.90 Å². The largest absolute Gasteiger partial charge is 0.435 e. The highest BCUT2D eigenvalue weighted by Gasteiger charge is 2.60. The average Bonchev–Trinajstić information content (AvgIpc) is 3.39. The zero-order valence-electron chi connectivity index (χ0n) is 14.8. The van der Waals surface area contributed by atoms with E-state index in [9.17, 15) is 22.8 Å². The van der Waals surface area contributed by atoms with Crippen molar-refractivity contribution in [3.63, 3.8) is 0 Å². The highest BCUT2D eigenvalue weighted by Crippen LogP contribution is 2.54. The summed E-state index contributed by atoms with van der Waals surface area (Å²) in [5.74, 6) is -1.99. The van der Waals surface area contributed by atoms with Gasteiger partial charge >= 0.3 is 6.18 Å². The van der Waals surface area contributed by atoms with Crippen molar-refractivity contribution in [3.05, 3.63) is 48.2 Å². The maximum atomic E-state index is 13.7. The summed E-state index contributed by atoms with van der Waals surface area (Å²) in [5.41, 5.74) is -1.08. The third kappa shape index (κ3) is 2.17. The minimum Gasteiger partial charge on any atom is -0.274 e. The van der Waals surface area contributed by atoms with Crippen molar-refractivity contribution in [1.29, 1.82) is 0 Å². The quantitative estimate of drug-likeness (QED) is 0.586. The van der Waals surface area contributed by atoms with Gasteiger partial charge in [-0.15, -0.1) is 0 Å². The van der Waals surface area contributed by atoms with Gasteiger partial charge in [0.05, 0.1) is 17.4 Å². The van der Waals surface area contributed by atoms with Crippen LogP contribution in [0.4, 0.5) is 19.0 Å². The number of hydrogen-bond acceptors (Lipinski definition) is 3. The summed E-state index contributed by atoms with van der Waals surface area (Å²) in [6.07, 6.45) is -0.0686. The number of alkyl halides is 3. The van der Waals surface area contributed by atoms with Crippen LogP contribution in [0, 0.1) is 23.7 Å². The SMILES string of the molecule is Cn1nc(C(F)(F)F)c(-c2ccccc2)c1N1C(=O)[C@@H]2[C@H](C1=O)[C@H]1C=C[C@@H]2C1. The Hall–Kier alpha value is -2.90. The Labute approximate surface area is 158 Å². The van der Waals surface area contributed by atoms with E-state index in [1.54, 1.807) is 18.2 Å². The van der Waals surface area contributed by atoms with Gasteiger partial charge in [-0.25, -0.2) is 4.90 Å². The molecule has 1 saturated carbocycles. The van der Waals surface area contributed by atoms with Crippen LogP contribution in [0.25, 0.3) is 11.1 Å². The molecule has 3 aliphatic rings. The fraction of sp³-hybridized carbons (Fsp3) is 0.350. The van der Waals surface area contributed by atoms with Crippen LogP contribution in [-0.4, -0.2) is 21.6 Å².